The molecule has 1 aromatic rings. The third-order valence-electron chi connectivity index (χ3n) is 5.71. The molecule has 1 N–H and O–H groups in total. The third kappa shape index (κ3) is 2.89. The first-order chi connectivity index (χ1) is 10.0. The molecule has 0 saturated carbocycles. The van der Waals surface area contributed by atoms with E-state index in [1.165, 1.54) is 37.9 Å². The lowest BCUT2D eigenvalue weighted by Crippen LogP contribution is -2.45. The van der Waals surface area contributed by atoms with Gasteiger partial charge in [0.15, 0.2) is 0 Å². The van der Waals surface area contributed by atoms with Crippen LogP contribution >= 0.6 is 0 Å². The number of nitrogens with zero attached hydrogens (tertiary/aromatic N) is 1. The monoisotopic (exact) mass is 286 g/mol. The summed E-state index contributed by atoms with van der Waals surface area (Å²) < 4.78 is 0. The van der Waals surface area contributed by atoms with Crippen molar-refractivity contribution >= 4 is 0 Å². The predicted octanol–water partition coefficient (Wildman–Crippen LogP) is 3.63. The van der Waals surface area contributed by atoms with Gasteiger partial charge in [0, 0.05) is 18.6 Å². The van der Waals surface area contributed by atoms with Crippen LogP contribution in [0.4, 0.5) is 0 Å². The molecule has 3 unspecified atom stereocenters. The Labute approximate surface area is 129 Å². The molecule has 21 heavy (non-hydrogen) atoms. The summed E-state index contributed by atoms with van der Waals surface area (Å²) >= 11 is 0. The SMILES string of the molecule is CNC1c2ccccc2CCC1N1CCC(C(C)(C)C)C1. The van der Waals surface area contributed by atoms with E-state index in [-0.39, 0.29) is 0 Å². The molecule has 0 amide bonds. The molecule has 3 atom stereocenters. The fourth-order valence-corrected chi connectivity index (χ4v) is 4.28. The maximum Gasteiger partial charge on any atom is 0.0478 e. The van der Waals surface area contributed by atoms with E-state index in [1.807, 2.05) is 0 Å². The summed E-state index contributed by atoms with van der Waals surface area (Å²) in [6.45, 7) is 9.73. The van der Waals surface area contributed by atoms with Crippen molar-refractivity contribution in [1.82, 2.24) is 10.2 Å². The quantitative estimate of drug-likeness (QED) is 0.893. The first-order valence-corrected chi connectivity index (χ1v) is 8.50. The number of fused-ring (bicyclic) bond motifs is 1. The molecular weight excluding hydrogens is 256 g/mol. The largest absolute Gasteiger partial charge is 0.312 e. The van der Waals surface area contributed by atoms with Gasteiger partial charge in [-0.1, -0.05) is 45.0 Å². The minimum atomic E-state index is 0.441. The van der Waals surface area contributed by atoms with Gasteiger partial charge in [0.05, 0.1) is 0 Å². The van der Waals surface area contributed by atoms with Gasteiger partial charge in [-0.15, -0.1) is 0 Å². The highest BCUT2D eigenvalue weighted by molar-refractivity contribution is 5.34. The van der Waals surface area contributed by atoms with Crippen LogP contribution in [0, 0.1) is 11.3 Å². The van der Waals surface area contributed by atoms with Gasteiger partial charge in [0.2, 0.25) is 0 Å². The predicted molar refractivity (Wildman–Crippen MR) is 89.5 cm³/mol. The van der Waals surface area contributed by atoms with E-state index >= 15 is 0 Å². The van der Waals surface area contributed by atoms with Crippen molar-refractivity contribution in [3.8, 4) is 0 Å². The molecule has 0 radical (unpaired) electrons. The highest BCUT2D eigenvalue weighted by Gasteiger charge is 2.39. The number of benzene rings is 1. The Morgan fingerprint density at radius 3 is 2.57 bits per heavy atom. The number of hydrogen-bond acceptors (Lipinski definition) is 2. The average molecular weight is 286 g/mol. The number of aryl methyl sites for hydroxylation is 1. The lowest BCUT2D eigenvalue weighted by molar-refractivity contribution is 0.152. The summed E-state index contributed by atoms with van der Waals surface area (Å²) in [5, 5.41) is 3.60. The summed E-state index contributed by atoms with van der Waals surface area (Å²) in [6.07, 6.45) is 3.88. The molecule has 1 aromatic carbocycles. The van der Waals surface area contributed by atoms with Gasteiger partial charge in [-0.25, -0.2) is 0 Å². The van der Waals surface area contributed by atoms with Crippen molar-refractivity contribution in [2.24, 2.45) is 11.3 Å². The topological polar surface area (TPSA) is 15.3 Å². The second kappa shape index (κ2) is 5.73. The van der Waals surface area contributed by atoms with Gasteiger partial charge >= 0.3 is 0 Å². The zero-order chi connectivity index (χ0) is 15.0. The Morgan fingerprint density at radius 2 is 1.90 bits per heavy atom. The molecule has 2 heteroatoms. The van der Waals surface area contributed by atoms with Crippen molar-refractivity contribution in [3.63, 3.8) is 0 Å². The standard InChI is InChI=1S/C19H30N2/c1-19(2,3)15-11-12-21(13-15)17-10-9-14-7-5-6-8-16(14)18(17)20-4/h5-8,15,17-18,20H,9-13H2,1-4H3. The average Bonchev–Trinajstić information content (AvgIpc) is 2.95. The van der Waals surface area contributed by atoms with Crippen LogP contribution in [-0.4, -0.2) is 31.1 Å². The van der Waals surface area contributed by atoms with Crippen LogP contribution in [-0.2, 0) is 6.42 Å². The Bertz CT molecular complexity index is 489. The lowest BCUT2D eigenvalue weighted by atomic mass is 9.80. The maximum atomic E-state index is 3.60. The van der Waals surface area contributed by atoms with Crippen molar-refractivity contribution in [3.05, 3.63) is 35.4 Å². The summed E-state index contributed by atoms with van der Waals surface area (Å²) in [5.74, 6) is 0.840. The molecule has 0 bridgehead atoms. The van der Waals surface area contributed by atoms with Gasteiger partial charge < -0.3 is 5.32 Å². The fraction of sp³-hybridized carbons (Fsp3) is 0.684. The van der Waals surface area contributed by atoms with E-state index < -0.39 is 0 Å². The molecule has 2 aliphatic rings. The van der Waals surface area contributed by atoms with Crippen molar-refractivity contribution in [2.75, 3.05) is 20.1 Å². The Morgan fingerprint density at radius 1 is 1.14 bits per heavy atom. The molecule has 2 nitrogen and oxygen atoms in total. The van der Waals surface area contributed by atoms with Crippen molar-refractivity contribution in [1.29, 1.82) is 0 Å². The fourth-order valence-electron chi connectivity index (χ4n) is 4.28. The Balaban J connectivity index is 1.78. The summed E-state index contributed by atoms with van der Waals surface area (Å²) in [4.78, 5) is 2.76. The van der Waals surface area contributed by atoms with E-state index in [1.54, 1.807) is 5.56 Å². The highest BCUT2D eigenvalue weighted by Crippen LogP contribution is 2.39. The molecule has 0 aromatic heterocycles. The molecule has 1 fully saturated rings. The molecular formula is C19H30N2. The lowest BCUT2D eigenvalue weighted by Gasteiger charge is -2.40. The van der Waals surface area contributed by atoms with Crippen molar-refractivity contribution < 1.29 is 0 Å². The van der Waals surface area contributed by atoms with Crippen LogP contribution in [0.3, 0.4) is 0 Å². The van der Waals surface area contributed by atoms with Crippen LogP contribution in [0.1, 0.15) is 50.8 Å². The highest BCUT2D eigenvalue weighted by atomic mass is 15.2. The van der Waals surface area contributed by atoms with Gasteiger partial charge in [-0.3, -0.25) is 4.90 Å². The first-order valence-electron chi connectivity index (χ1n) is 8.50. The van der Waals surface area contributed by atoms with Crippen LogP contribution in [0.2, 0.25) is 0 Å². The molecule has 116 valence electrons. The molecule has 1 aliphatic carbocycles. The van der Waals surface area contributed by atoms with E-state index in [0.717, 1.165) is 5.92 Å². The van der Waals surface area contributed by atoms with E-state index in [2.05, 4.69) is 62.3 Å². The second-order valence-corrected chi connectivity index (χ2v) is 7.92. The molecule has 1 heterocycles. The van der Waals surface area contributed by atoms with Gasteiger partial charge in [-0.05, 0) is 55.3 Å². The smallest absolute Gasteiger partial charge is 0.0478 e. The minimum absolute atomic E-state index is 0.441. The first kappa shape index (κ1) is 15.1. The third-order valence-corrected chi connectivity index (χ3v) is 5.71. The van der Waals surface area contributed by atoms with Crippen molar-refractivity contribution in [2.45, 2.75) is 52.1 Å². The molecule has 1 aliphatic heterocycles. The van der Waals surface area contributed by atoms with Gasteiger partial charge in [0.25, 0.3) is 0 Å². The number of likely N-dealkylation sites (N-methyl/N-ethyl adjacent to an activating group) is 1. The van der Waals surface area contributed by atoms with Crippen LogP contribution in [0.15, 0.2) is 24.3 Å². The normalized spacial score (nSPS) is 30.4. The summed E-state index contributed by atoms with van der Waals surface area (Å²) in [6, 6.07) is 10.1. The number of likely N-dealkylation sites (tertiary alicyclic amines) is 1. The Kier molecular flexibility index (Phi) is 4.11. The van der Waals surface area contributed by atoms with Gasteiger partial charge in [-0.2, -0.15) is 0 Å². The zero-order valence-corrected chi connectivity index (χ0v) is 14.0. The number of hydrogen-bond donors (Lipinski definition) is 1. The second-order valence-electron chi connectivity index (χ2n) is 7.92. The van der Waals surface area contributed by atoms with E-state index in [4.69, 9.17) is 0 Å². The minimum Gasteiger partial charge on any atom is -0.312 e. The Hall–Kier alpha value is -0.860. The van der Waals surface area contributed by atoms with Crippen LogP contribution in [0.25, 0.3) is 0 Å². The maximum absolute atomic E-state index is 3.60. The number of nitrogens with one attached hydrogen (secondary N) is 1. The molecule has 3 rings (SSSR count). The van der Waals surface area contributed by atoms with Gasteiger partial charge in [0.1, 0.15) is 0 Å². The summed E-state index contributed by atoms with van der Waals surface area (Å²) in [5.41, 5.74) is 3.51. The van der Waals surface area contributed by atoms with E-state index in [9.17, 15) is 0 Å². The molecule has 1 saturated heterocycles. The summed E-state index contributed by atoms with van der Waals surface area (Å²) in [7, 11) is 2.12. The van der Waals surface area contributed by atoms with E-state index in [0.29, 0.717) is 17.5 Å². The number of rotatable bonds is 2. The van der Waals surface area contributed by atoms with Crippen LogP contribution in [0.5, 0.6) is 0 Å². The van der Waals surface area contributed by atoms with Crippen LogP contribution < -0.4 is 5.32 Å². The molecule has 0 spiro atoms. The zero-order valence-electron chi connectivity index (χ0n) is 14.0.